The van der Waals surface area contributed by atoms with E-state index in [1.54, 1.807) is 0 Å². The van der Waals surface area contributed by atoms with Gasteiger partial charge in [0, 0.05) is 13.0 Å². The zero-order valence-corrected chi connectivity index (χ0v) is 37.8. The first-order valence-electron chi connectivity index (χ1n) is 24.8. The normalized spacial score (nSPS) is 20.3. The lowest BCUT2D eigenvalue weighted by molar-refractivity contribution is -0.305. The fourth-order valence-corrected chi connectivity index (χ4v) is 7.79. The van der Waals surface area contributed by atoms with E-state index in [0.717, 1.165) is 51.4 Å². The third-order valence-electron chi connectivity index (χ3n) is 11.7. The molecule has 0 aromatic heterocycles. The van der Waals surface area contributed by atoms with Gasteiger partial charge in [0.25, 0.3) is 0 Å². The zero-order valence-electron chi connectivity index (χ0n) is 37.8. The van der Waals surface area contributed by atoms with Gasteiger partial charge in [-0.05, 0) is 32.1 Å². The van der Waals surface area contributed by atoms with Crippen molar-refractivity contribution in [3.05, 3.63) is 12.2 Å². The standard InChI is InChI=1S/C49H94O9/c1-3-5-7-9-11-13-15-16-17-18-19-20-21-22-23-24-25-26-27-28-29-31-33-35-37-39-55-41-43(42-56-49-48(54)47(53)46(52)44(40-50)58-49)57-45(51)38-36-34-32-30-14-12-10-8-6-4-2/h8,10,43-44,46-50,52-54H,3-7,9,11-42H2,1-2H3/b10-8-. The van der Waals surface area contributed by atoms with E-state index in [4.69, 9.17) is 18.9 Å². The Hall–Kier alpha value is -1.07. The third kappa shape index (κ3) is 31.8. The minimum atomic E-state index is -1.53. The molecule has 1 fully saturated rings. The predicted octanol–water partition coefficient (Wildman–Crippen LogP) is 11.6. The molecule has 0 saturated carbocycles. The molecule has 6 atom stereocenters. The molecule has 0 bridgehead atoms. The van der Waals surface area contributed by atoms with Gasteiger partial charge in [0.2, 0.25) is 0 Å². The monoisotopic (exact) mass is 827 g/mol. The minimum Gasteiger partial charge on any atom is -0.457 e. The van der Waals surface area contributed by atoms with Crippen LogP contribution in [0.5, 0.6) is 0 Å². The average molecular weight is 827 g/mol. The van der Waals surface area contributed by atoms with Crippen LogP contribution >= 0.6 is 0 Å². The third-order valence-corrected chi connectivity index (χ3v) is 11.7. The van der Waals surface area contributed by atoms with Gasteiger partial charge in [0.05, 0.1) is 19.8 Å². The summed E-state index contributed by atoms with van der Waals surface area (Å²) in [4.78, 5) is 12.7. The van der Waals surface area contributed by atoms with E-state index in [1.807, 2.05) is 0 Å². The summed E-state index contributed by atoms with van der Waals surface area (Å²) in [6.07, 6.45) is 39.8. The minimum absolute atomic E-state index is 0.112. The van der Waals surface area contributed by atoms with Crippen LogP contribution in [0.25, 0.3) is 0 Å². The van der Waals surface area contributed by atoms with Crippen molar-refractivity contribution < 1.29 is 44.2 Å². The number of carbonyl (C=O) groups excluding carboxylic acids is 1. The Labute approximate surface area is 356 Å². The summed E-state index contributed by atoms with van der Waals surface area (Å²) < 4.78 is 22.8. The molecule has 1 heterocycles. The predicted molar refractivity (Wildman–Crippen MR) is 238 cm³/mol. The molecule has 58 heavy (non-hydrogen) atoms. The van der Waals surface area contributed by atoms with Crippen molar-refractivity contribution in [2.24, 2.45) is 0 Å². The van der Waals surface area contributed by atoms with Crippen molar-refractivity contribution >= 4 is 5.97 Å². The molecule has 1 aliphatic heterocycles. The van der Waals surface area contributed by atoms with Gasteiger partial charge < -0.3 is 39.4 Å². The van der Waals surface area contributed by atoms with Gasteiger partial charge in [0.15, 0.2) is 6.29 Å². The highest BCUT2D eigenvalue weighted by Gasteiger charge is 2.44. The fourth-order valence-electron chi connectivity index (χ4n) is 7.79. The lowest BCUT2D eigenvalue weighted by Crippen LogP contribution is -2.59. The molecule has 0 aliphatic carbocycles. The summed E-state index contributed by atoms with van der Waals surface area (Å²) in [6.45, 7) is 4.53. The second-order valence-corrected chi connectivity index (χ2v) is 17.3. The SMILES string of the molecule is CCC/C=C\CCCCCCCC(=O)OC(COCCCCCCCCCCCCCCCCCCCCCCCCCCC)COC1OC(CO)C(O)C(O)C1O. The smallest absolute Gasteiger partial charge is 0.306 e. The van der Waals surface area contributed by atoms with E-state index in [9.17, 15) is 25.2 Å². The Kier molecular flexibility index (Phi) is 39.1. The van der Waals surface area contributed by atoms with E-state index in [0.29, 0.717) is 13.0 Å². The lowest BCUT2D eigenvalue weighted by Gasteiger charge is -2.39. The van der Waals surface area contributed by atoms with Crippen LogP contribution in [0, 0.1) is 0 Å². The quantitative estimate of drug-likeness (QED) is 0.0269. The molecule has 0 amide bonds. The van der Waals surface area contributed by atoms with Crippen molar-refractivity contribution in [1.29, 1.82) is 0 Å². The summed E-state index contributed by atoms with van der Waals surface area (Å²) in [5, 5.41) is 40.1. The van der Waals surface area contributed by atoms with Crippen LogP contribution in [0.4, 0.5) is 0 Å². The number of unbranched alkanes of at least 4 members (excludes halogenated alkanes) is 30. The molecular weight excluding hydrogens is 733 g/mol. The largest absolute Gasteiger partial charge is 0.457 e. The molecular formula is C49H94O9. The number of aliphatic hydroxyl groups excluding tert-OH is 4. The molecule has 1 rings (SSSR count). The highest BCUT2D eigenvalue weighted by Crippen LogP contribution is 2.23. The topological polar surface area (TPSA) is 135 Å². The van der Waals surface area contributed by atoms with Gasteiger partial charge in [0.1, 0.15) is 30.5 Å². The maximum atomic E-state index is 12.7. The van der Waals surface area contributed by atoms with Crippen LogP contribution in [-0.2, 0) is 23.7 Å². The van der Waals surface area contributed by atoms with Gasteiger partial charge in [-0.2, -0.15) is 0 Å². The summed E-state index contributed by atoms with van der Waals surface area (Å²) in [5.74, 6) is -0.321. The average Bonchev–Trinajstić information content (AvgIpc) is 3.22. The fraction of sp³-hybridized carbons (Fsp3) is 0.939. The summed E-state index contributed by atoms with van der Waals surface area (Å²) >= 11 is 0. The number of esters is 1. The van der Waals surface area contributed by atoms with Crippen molar-refractivity contribution in [3.8, 4) is 0 Å². The number of rotatable bonds is 43. The van der Waals surface area contributed by atoms with E-state index in [1.165, 1.54) is 161 Å². The van der Waals surface area contributed by atoms with E-state index < -0.39 is 43.4 Å². The highest BCUT2D eigenvalue weighted by atomic mass is 16.7. The molecule has 1 aliphatic rings. The van der Waals surface area contributed by atoms with Crippen molar-refractivity contribution in [2.75, 3.05) is 26.4 Å². The Morgan fingerprint density at radius 1 is 0.534 bits per heavy atom. The van der Waals surface area contributed by atoms with Gasteiger partial charge in [-0.15, -0.1) is 0 Å². The van der Waals surface area contributed by atoms with Crippen LogP contribution in [0.15, 0.2) is 12.2 Å². The Morgan fingerprint density at radius 2 is 0.983 bits per heavy atom. The molecule has 9 heteroatoms. The molecule has 0 spiro atoms. The Balaban J connectivity index is 2.11. The molecule has 0 aromatic rings. The number of hydrogen-bond donors (Lipinski definition) is 4. The molecule has 6 unspecified atom stereocenters. The highest BCUT2D eigenvalue weighted by molar-refractivity contribution is 5.69. The first-order valence-corrected chi connectivity index (χ1v) is 24.8. The summed E-state index contributed by atoms with van der Waals surface area (Å²) in [6, 6.07) is 0. The van der Waals surface area contributed by atoms with Crippen molar-refractivity contribution in [3.63, 3.8) is 0 Å². The molecule has 9 nitrogen and oxygen atoms in total. The maximum absolute atomic E-state index is 12.7. The zero-order chi connectivity index (χ0) is 42.2. The first-order chi connectivity index (χ1) is 28.4. The van der Waals surface area contributed by atoms with Gasteiger partial charge in [-0.3, -0.25) is 4.79 Å². The van der Waals surface area contributed by atoms with Crippen LogP contribution in [0.1, 0.15) is 232 Å². The number of ether oxygens (including phenoxy) is 4. The van der Waals surface area contributed by atoms with Crippen molar-refractivity contribution in [1.82, 2.24) is 0 Å². The molecule has 344 valence electrons. The maximum Gasteiger partial charge on any atom is 0.306 e. The Morgan fingerprint density at radius 3 is 1.47 bits per heavy atom. The molecule has 1 saturated heterocycles. The summed E-state index contributed by atoms with van der Waals surface area (Å²) in [7, 11) is 0. The van der Waals surface area contributed by atoms with Crippen LogP contribution in [0.3, 0.4) is 0 Å². The number of hydrogen-bond acceptors (Lipinski definition) is 9. The first kappa shape index (κ1) is 54.9. The van der Waals surface area contributed by atoms with Gasteiger partial charge >= 0.3 is 5.97 Å². The number of carbonyl (C=O) groups is 1. The number of allylic oxidation sites excluding steroid dienone is 2. The van der Waals surface area contributed by atoms with Gasteiger partial charge in [-0.1, -0.05) is 206 Å². The molecule has 0 radical (unpaired) electrons. The molecule has 4 N–H and O–H groups in total. The Bertz CT molecular complexity index is 899. The number of aliphatic hydroxyl groups is 4. The van der Waals surface area contributed by atoms with Crippen LogP contribution in [0.2, 0.25) is 0 Å². The van der Waals surface area contributed by atoms with Crippen LogP contribution < -0.4 is 0 Å². The molecule has 0 aromatic carbocycles. The second kappa shape index (κ2) is 41.3. The van der Waals surface area contributed by atoms with Crippen LogP contribution in [-0.4, -0.2) is 89.6 Å². The van der Waals surface area contributed by atoms with Crippen molar-refractivity contribution in [2.45, 2.75) is 269 Å². The van der Waals surface area contributed by atoms with E-state index in [-0.39, 0.29) is 19.2 Å². The lowest BCUT2D eigenvalue weighted by atomic mass is 9.99. The van der Waals surface area contributed by atoms with Gasteiger partial charge in [-0.25, -0.2) is 0 Å². The van der Waals surface area contributed by atoms with E-state index in [2.05, 4.69) is 26.0 Å². The second-order valence-electron chi connectivity index (χ2n) is 17.3. The van der Waals surface area contributed by atoms with E-state index >= 15 is 0 Å². The summed E-state index contributed by atoms with van der Waals surface area (Å²) in [5.41, 5.74) is 0.